The van der Waals surface area contributed by atoms with E-state index in [1.807, 2.05) is 45.0 Å². The van der Waals surface area contributed by atoms with Gasteiger partial charge in [0.05, 0.1) is 24.3 Å². The monoisotopic (exact) mass is 376 g/mol. The van der Waals surface area contributed by atoms with Gasteiger partial charge in [0.2, 0.25) is 0 Å². The molecule has 1 aliphatic rings. The number of esters is 1. The van der Waals surface area contributed by atoms with Crippen LogP contribution >= 0.6 is 12.2 Å². The highest BCUT2D eigenvalue weighted by atomic mass is 32.1. The highest BCUT2D eigenvalue weighted by Crippen LogP contribution is 2.29. The van der Waals surface area contributed by atoms with Crippen molar-refractivity contribution >= 4 is 23.3 Å². The largest absolute Gasteiger partial charge is 0.494 e. The van der Waals surface area contributed by atoms with E-state index in [0.29, 0.717) is 23.0 Å². The van der Waals surface area contributed by atoms with Crippen LogP contribution in [-0.2, 0) is 9.53 Å². The van der Waals surface area contributed by atoms with Gasteiger partial charge in [-0.25, -0.2) is 4.79 Å². The zero-order valence-electron chi connectivity index (χ0n) is 15.9. The fraction of sp³-hybridized carbons (Fsp3) is 0.500. The molecule has 0 saturated carbocycles. The Balaban J connectivity index is 2.17. The summed E-state index contributed by atoms with van der Waals surface area (Å²) < 4.78 is 11.2. The standard InChI is InChI=1S/C20H28N2O3S/c1-5-6-7-12-24-16-10-8-15(9-11-16)18-17(19(23)25-13(2)3)14(4)21-20(26)22-18/h8-11,13,18H,5-7,12H2,1-4H3,(H2,21,22,26)/t18-/m0/s1. The maximum Gasteiger partial charge on any atom is 0.338 e. The summed E-state index contributed by atoms with van der Waals surface area (Å²) in [6.45, 7) is 8.39. The first-order valence-corrected chi connectivity index (χ1v) is 9.55. The summed E-state index contributed by atoms with van der Waals surface area (Å²) in [6, 6.07) is 7.42. The molecule has 142 valence electrons. The molecular weight excluding hydrogens is 348 g/mol. The first kappa shape index (κ1) is 20.2. The van der Waals surface area contributed by atoms with Crippen LogP contribution in [0.2, 0.25) is 0 Å². The molecule has 6 heteroatoms. The summed E-state index contributed by atoms with van der Waals surface area (Å²) >= 11 is 5.26. The number of allylic oxidation sites excluding steroid dienone is 1. The van der Waals surface area contributed by atoms with Crippen LogP contribution in [0.15, 0.2) is 35.5 Å². The van der Waals surface area contributed by atoms with Crippen LogP contribution in [-0.4, -0.2) is 23.8 Å². The van der Waals surface area contributed by atoms with E-state index in [1.54, 1.807) is 0 Å². The predicted molar refractivity (Wildman–Crippen MR) is 107 cm³/mol. The highest BCUT2D eigenvalue weighted by Gasteiger charge is 2.31. The molecule has 0 bridgehead atoms. The summed E-state index contributed by atoms with van der Waals surface area (Å²) in [5, 5.41) is 6.67. The van der Waals surface area contributed by atoms with E-state index in [2.05, 4.69) is 17.6 Å². The molecule has 1 heterocycles. The van der Waals surface area contributed by atoms with Gasteiger partial charge in [0.1, 0.15) is 5.75 Å². The molecule has 0 aliphatic carbocycles. The van der Waals surface area contributed by atoms with Gasteiger partial charge in [-0.3, -0.25) is 0 Å². The van der Waals surface area contributed by atoms with Crippen molar-refractivity contribution in [2.75, 3.05) is 6.61 Å². The van der Waals surface area contributed by atoms with Crippen LogP contribution < -0.4 is 15.4 Å². The van der Waals surface area contributed by atoms with Crippen molar-refractivity contribution in [2.24, 2.45) is 0 Å². The number of hydrogen-bond acceptors (Lipinski definition) is 4. The number of ether oxygens (including phenoxy) is 2. The molecule has 26 heavy (non-hydrogen) atoms. The zero-order chi connectivity index (χ0) is 19.1. The van der Waals surface area contributed by atoms with Gasteiger partial charge < -0.3 is 20.1 Å². The Morgan fingerprint density at radius 1 is 1.23 bits per heavy atom. The lowest BCUT2D eigenvalue weighted by Crippen LogP contribution is -2.45. The van der Waals surface area contributed by atoms with Gasteiger partial charge in [0.15, 0.2) is 5.11 Å². The second-order valence-electron chi connectivity index (χ2n) is 6.65. The Morgan fingerprint density at radius 3 is 2.54 bits per heavy atom. The van der Waals surface area contributed by atoms with Gasteiger partial charge in [0.25, 0.3) is 0 Å². The molecular formula is C20H28N2O3S. The maximum atomic E-state index is 12.6. The Bertz CT molecular complexity index is 668. The van der Waals surface area contributed by atoms with E-state index >= 15 is 0 Å². The third kappa shape index (κ3) is 5.46. The van der Waals surface area contributed by atoms with Crippen molar-refractivity contribution in [3.63, 3.8) is 0 Å². The molecule has 0 saturated heterocycles. The van der Waals surface area contributed by atoms with Gasteiger partial charge in [-0.15, -0.1) is 0 Å². The SMILES string of the molecule is CCCCCOc1ccc([C@@H]2NC(=S)NC(C)=C2C(=O)OC(C)C)cc1. The fourth-order valence-electron chi connectivity index (χ4n) is 2.79. The predicted octanol–water partition coefficient (Wildman–Crippen LogP) is 4.00. The molecule has 1 aliphatic heterocycles. The molecule has 5 nitrogen and oxygen atoms in total. The van der Waals surface area contributed by atoms with E-state index < -0.39 is 0 Å². The first-order chi connectivity index (χ1) is 12.4. The topological polar surface area (TPSA) is 59.6 Å². The van der Waals surface area contributed by atoms with Crippen LogP contribution in [0.25, 0.3) is 0 Å². The smallest absolute Gasteiger partial charge is 0.338 e. The lowest BCUT2D eigenvalue weighted by atomic mass is 9.95. The molecule has 0 radical (unpaired) electrons. The maximum absolute atomic E-state index is 12.6. The van der Waals surface area contributed by atoms with Crippen molar-refractivity contribution < 1.29 is 14.3 Å². The van der Waals surface area contributed by atoms with Crippen LogP contribution in [0.3, 0.4) is 0 Å². The third-order valence-electron chi connectivity index (χ3n) is 4.06. The number of hydrogen-bond donors (Lipinski definition) is 2. The number of carbonyl (C=O) groups excluding carboxylic acids is 1. The second kappa shape index (κ2) is 9.57. The van der Waals surface area contributed by atoms with Crippen molar-refractivity contribution in [1.82, 2.24) is 10.6 Å². The van der Waals surface area contributed by atoms with E-state index in [-0.39, 0.29) is 18.1 Å². The number of benzene rings is 1. The van der Waals surface area contributed by atoms with E-state index in [4.69, 9.17) is 21.7 Å². The van der Waals surface area contributed by atoms with Gasteiger partial charge in [-0.2, -0.15) is 0 Å². The molecule has 2 N–H and O–H groups in total. The van der Waals surface area contributed by atoms with Gasteiger partial charge in [-0.1, -0.05) is 31.9 Å². The second-order valence-corrected chi connectivity index (χ2v) is 7.06. The van der Waals surface area contributed by atoms with Gasteiger partial charge in [-0.05, 0) is 57.1 Å². The first-order valence-electron chi connectivity index (χ1n) is 9.14. The van der Waals surface area contributed by atoms with E-state index in [0.717, 1.165) is 17.7 Å². The van der Waals surface area contributed by atoms with Crippen molar-refractivity contribution in [2.45, 2.75) is 59.1 Å². The average molecular weight is 377 g/mol. The molecule has 1 aromatic carbocycles. The molecule has 1 atom stereocenters. The normalized spacial score (nSPS) is 17.0. The van der Waals surface area contributed by atoms with E-state index in [1.165, 1.54) is 12.8 Å². The molecule has 0 spiro atoms. The lowest BCUT2D eigenvalue weighted by Gasteiger charge is -2.30. The quantitative estimate of drug-likeness (QED) is 0.406. The Kier molecular flexibility index (Phi) is 7.45. The summed E-state index contributed by atoms with van der Waals surface area (Å²) in [7, 11) is 0. The summed E-state index contributed by atoms with van der Waals surface area (Å²) in [5.41, 5.74) is 2.19. The Hall–Kier alpha value is -2.08. The van der Waals surface area contributed by atoms with Crippen molar-refractivity contribution in [3.8, 4) is 5.75 Å². The van der Waals surface area contributed by atoms with Crippen LogP contribution in [0.1, 0.15) is 58.6 Å². The summed E-state index contributed by atoms with van der Waals surface area (Å²) in [5.74, 6) is 0.485. The number of unbranched alkanes of at least 4 members (excludes halogenated alkanes) is 2. The number of rotatable bonds is 8. The molecule has 0 amide bonds. The Labute approximate surface area is 161 Å². The minimum absolute atomic E-state index is 0.184. The summed E-state index contributed by atoms with van der Waals surface area (Å²) in [6.07, 6.45) is 3.20. The van der Waals surface area contributed by atoms with Gasteiger partial charge >= 0.3 is 5.97 Å². The zero-order valence-corrected chi connectivity index (χ0v) is 16.7. The fourth-order valence-corrected chi connectivity index (χ4v) is 3.06. The average Bonchev–Trinajstić information content (AvgIpc) is 2.58. The third-order valence-corrected chi connectivity index (χ3v) is 4.28. The lowest BCUT2D eigenvalue weighted by molar-refractivity contribution is -0.143. The Morgan fingerprint density at radius 2 is 1.92 bits per heavy atom. The van der Waals surface area contributed by atoms with E-state index in [9.17, 15) is 4.79 Å². The van der Waals surface area contributed by atoms with Gasteiger partial charge in [0, 0.05) is 5.70 Å². The number of nitrogens with one attached hydrogen (secondary N) is 2. The highest BCUT2D eigenvalue weighted by molar-refractivity contribution is 7.80. The minimum atomic E-state index is -0.343. The number of carbonyl (C=O) groups is 1. The minimum Gasteiger partial charge on any atom is -0.494 e. The van der Waals surface area contributed by atoms with Crippen LogP contribution in [0, 0.1) is 0 Å². The van der Waals surface area contributed by atoms with Crippen LogP contribution in [0.4, 0.5) is 0 Å². The van der Waals surface area contributed by atoms with Crippen molar-refractivity contribution in [3.05, 3.63) is 41.1 Å². The van der Waals surface area contributed by atoms with Crippen molar-refractivity contribution in [1.29, 1.82) is 0 Å². The molecule has 1 aromatic rings. The van der Waals surface area contributed by atoms with Crippen LogP contribution in [0.5, 0.6) is 5.75 Å². The molecule has 0 unspecified atom stereocenters. The molecule has 0 aromatic heterocycles. The molecule has 2 rings (SSSR count). The molecule has 0 fully saturated rings. The summed E-state index contributed by atoms with van der Waals surface area (Å²) in [4.78, 5) is 12.6. The number of thiocarbonyl (C=S) groups is 1.